The molecule has 0 amide bonds. The lowest BCUT2D eigenvalue weighted by atomic mass is 10.1. The highest BCUT2D eigenvalue weighted by atomic mass is 32.2. The Kier molecular flexibility index (Phi) is 6.38. The van der Waals surface area contributed by atoms with Crippen molar-refractivity contribution < 1.29 is 19.0 Å². The molecule has 3 rings (SSSR count). The normalized spacial score (nSPS) is 14.3. The Morgan fingerprint density at radius 1 is 1.04 bits per heavy atom. The lowest BCUT2D eigenvalue weighted by molar-refractivity contribution is -0.136. The second kappa shape index (κ2) is 8.73. The van der Waals surface area contributed by atoms with Crippen LogP contribution in [0.3, 0.4) is 0 Å². The molecule has 6 heteroatoms. The monoisotopic (exact) mass is 390 g/mol. The third-order valence-electron chi connectivity index (χ3n) is 4.14. The van der Waals surface area contributed by atoms with Gasteiger partial charge in [0, 0.05) is 11.5 Å². The van der Waals surface area contributed by atoms with Gasteiger partial charge in [-0.15, -0.1) is 23.5 Å². The van der Waals surface area contributed by atoms with Crippen LogP contribution in [0.15, 0.2) is 36.4 Å². The molecule has 1 heterocycles. The summed E-state index contributed by atoms with van der Waals surface area (Å²) in [4.78, 5) is 12.1. The highest BCUT2D eigenvalue weighted by Crippen LogP contribution is 2.46. The van der Waals surface area contributed by atoms with E-state index in [0.717, 1.165) is 17.1 Å². The number of hydrogen-bond donors (Lipinski definition) is 0. The fourth-order valence-electron chi connectivity index (χ4n) is 2.56. The lowest BCUT2D eigenvalue weighted by Crippen LogP contribution is -2.18. The minimum absolute atomic E-state index is 0.151. The van der Waals surface area contributed by atoms with Gasteiger partial charge in [0.25, 0.3) is 0 Å². The molecule has 0 aromatic heterocycles. The maximum atomic E-state index is 12.1. The molecule has 26 heavy (non-hydrogen) atoms. The van der Waals surface area contributed by atoms with Gasteiger partial charge in [0.15, 0.2) is 18.1 Å². The van der Waals surface area contributed by atoms with Crippen molar-refractivity contribution in [3.05, 3.63) is 53.1 Å². The molecular weight excluding hydrogens is 368 g/mol. The molecule has 2 aromatic rings. The Labute approximate surface area is 162 Å². The van der Waals surface area contributed by atoms with Crippen LogP contribution in [-0.4, -0.2) is 31.2 Å². The van der Waals surface area contributed by atoms with E-state index in [0.29, 0.717) is 21.8 Å². The summed E-state index contributed by atoms with van der Waals surface area (Å²) in [7, 11) is 1.58. The van der Waals surface area contributed by atoms with Gasteiger partial charge in [0.05, 0.1) is 11.7 Å². The molecule has 0 spiro atoms. The predicted octanol–water partition coefficient (Wildman–Crippen LogP) is 4.78. The van der Waals surface area contributed by atoms with Crippen molar-refractivity contribution in [2.24, 2.45) is 0 Å². The maximum Gasteiger partial charge on any atom is 0.349 e. The number of esters is 1. The molecule has 0 N–H and O–H groups in total. The van der Waals surface area contributed by atoms with Crippen molar-refractivity contribution in [2.45, 2.75) is 18.4 Å². The minimum atomic E-state index is -0.459. The van der Waals surface area contributed by atoms with Crippen LogP contribution in [0, 0.1) is 13.8 Å². The Balaban J connectivity index is 1.61. The molecule has 2 aromatic carbocycles. The SMILES string of the molecule is COc1cc(C2SCCS2)ccc1OC(=O)COc1ccc(C)c(C)c1. The first-order valence-electron chi connectivity index (χ1n) is 8.38. The van der Waals surface area contributed by atoms with Crippen LogP contribution in [0.1, 0.15) is 21.3 Å². The number of hydrogen-bond acceptors (Lipinski definition) is 6. The zero-order valence-electron chi connectivity index (χ0n) is 15.1. The van der Waals surface area contributed by atoms with Crippen LogP contribution in [0.4, 0.5) is 0 Å². The average molecular weight is 391 g/mol. The van der Waals surface area contributed by atoms with E-state index < -0.39 is 5.97 Å². The minimum Gasteiger partial charge on any atom is -0.493 e. The van der Waals surface area contributed by atoms with Gasteiger partial charge in [-0.25, -0.2) is 4.79 Å². The fraction of sp³-hybridized carbons (Fsp3) is 0.350. The molecule has 1 aliphatic rings. The smallest absolute Gasteiger partial charge is 0.349 e. The zero-order chi connectivity index (χ0) is 18.5. The van der Waals surface area contributed by atoms with Crippen molar-refractivity contribution in [1.29, 1.82) is 0 Å². The number of aryl methyl sites for hydroxylation is 2. The summed E-state index contributed by atoms with van der Waals surface area (Å²) in [5.74, 6) is 3.49. The van der Waals surface area contributed by atoms with E-state index in [9.17, 15) is 4.79 Å². The van der Waals surface area contributed by atoms with Gasteiger partial charge in [-0.1, -0.05) is 12.1 Å². The Hall–Kier alpha value is -1.79. The highest BCUT2D eigenvalue weighted by molar-refractivity contribution is 8.19. The number of thioether (sulfide) groups is 2. The van der Waals surface area contributed by atoms with Crippen molar-refractivity contribution in [2.75, 3.05) is 25.2 Å². The molecule has 0 aliphatic carbocycles. The summed E-state index contributed by atoms with van der Waals surface area (Å²) >= 11 is 3.84. The summed E-state index contributed by atoms with van der Waals surface area (Å²) in [6.07, 6.45) is 0. The molecule has 0 radical (unpaired) electrons. The molecule has 138 valence electrons. The van der Waals surface area contributed by atoms with E-state index in [2.05, 4.69) is 0 Å². The van der Waals surface area contributed by atoms with E-state index in [1.165, 1.54) is 11.1 Å². The number of carbonyl (C=O) groups excluding carboxylic acids is 1. The first kappa shape index (κ1) is 19.0. The van der Waals surface area contributed by atoms with Gasteiger partial charge in [0.1, 0.15) is 5.75 Å². The average Bonchev–Trinajstić information content (AvgIpc) is 3.18. The van der Waals surface area contributed by atoms with E-state index in [1.807, 2.05) is 67.7 Å². The quantitative estimate of drug-likeness (QED) is 0.523. The zero-order valence-corrected chi connectivity index (χ0v) is 16.7. The van der Waals surface area contributed by atoms with Gasteiger partial charge in [-0.2, -0.15) is 0 Å². The Bertz CT molecular complexity index is 785. The molecule has 1 aliphatic heterocycles. The largest absolute Gasteiger partial charge is 0.493 e. The van der Waals surface area contributed by atoms with Gasteiger partial charge >= 0.3 is 5.97 Å². The molecule has 1 saturated heterocycles. The summed E-state index contributed by atoms with van der Waals surface area (Å²) in [5.41, 5.74) is 3.49. The summed E-state index contributed by atoms with van der Waals surface area (Å²) in [5, 5.41) is 0. The standard InChI is InChI=1S/C20H22O4S2/c1-13-4-6-16(10-14(13)2)23-12-19(21)24-17-7-5-15(11-18(17)22-3)20-25-8-9-26-20/h4-7,10-11,20H,8-9,12H2,1-3H3. The molecule has 0 saturated carbocycles. The topological polar surface area (TPSA) is 44.8 Å². The third-order valence-corrected chi connectivity index (χ3v) is 7.24. The lowest BCUT2D eigenvalue weighted by Gasteiger charge is -2.14. The second-order valence-electron chi connectivity index (χ2n) is 5.99. The molecule has 0 unspecified atom stereocenters. The first-order valence-corrected chi connectivity index (χ1v) is 10.5. The van der Waals surface area contributed by atoms with Gasteiger partial charge in [-0.05, 0) is 54.8 Å². The van der Waals surface area contributed by atoms with E-state index in [4.69, 9.17) is 14.2 Å². The van der Waals surface area contributed by atoms with Crippen LogP contribution in [0.2, 0.25) is 0 Å². The van der Waals surface area contributed by atoms with E-state index in [-0.39, 0.29) is 6.61 Å². The van der Waals surface area contributed by atoms with Gasteiger partial charge in [0.2, 0.25) is 0 Å². The molecule has 0 atom stereocenters. The second-order valence-corrected chi connectivity index (χ2v) is 8.72. The maximum absolute atomic E-state index is 12.1. The van der Waals surface area contributed by atoms with Gasteiger partial charge < -0.3 is 14.2 Å². The molecule has 0 bridgehead atoms. The molecule has 4 nitrogen and oxygen atoms in total. The van der Waals surface area contributed by atoms with Gasteiger partial charge in [-0.3, -0.25) is 0 Å². The van der Waals surface area contributed by atoms with Crippen LogP contribution >= 0.6 is 23.5 Å². The Morgan fingerprint density at radius 2 is 1.81 bits per heavy atom. The Morgan fingerprint density at radius 3 is 2.50 bits per heavy atom. The van der Waals surface area contributed by atoms with Crippen LogP contribution in [0.5, 0.6) is 17.2 Å². The number of ether oxygens (including phenoxy) is 3. The highest BCUT2D eigenvalue weighted by Gasteiger charge is 2.20. The molecule has 1 fully saturated rings. The van der Waals surface area contributed by atoms with E-state index in [1.54, 1.807) is 13.2 Å². The van der Waals surface area contributed by atoms with Crippen molar-refractivity contribution >= 4 is 29.5 Å². The number of rotatable bonds is 6. The van der Waals surface area contributed by atoms with Crippen molar-refractivity contribution in [3.8, 4) is 17.2 Å². The van der Waals surface area contributed by atoms with Crippen molar-refractivity contribution in [1.82, 2.24) is 0 Å². The number of methoxy groups -OCH3 is 1. The summed E-state index contributed by atoms with van der Waals surface area (Å²) < 4.78 is 16.8. The summed E-state index contributed by atoms with van der Waals surface area (Å²) in [6, 6.07) is 11.5. The van der Waals surface area contributed by atoms with Crippen molar-refractivity contribution in [3.63, 3.8) is 0 Å². The van der Waals surface area contributed by atoms with E-state index >= 15 is 0 Å². The summed E-state index contributed by atoms with van der Waals surface area (Å²) in [6.45, 7) is 3.89. The van der Waals surface area contributed by atoms with Crippen LogP contribution < -0.4 is 14.2 Å². The van der Waals surface area contributed by atoms with Crippen LogP contribution in [-0.2, 0) is 4.79 Å². The predicted molar refractivity (Wildman–Crippen MR) is 108 cm³/mol. The third kappa shape index (κ3) is 4.68. The number of carbonyl (C=O) groups is 1. The fourth-order valence-corrected chi connectivity index (χ4v) is 5.40. The molecular formula is C20H22O4S2. The first-order chi connectivity index (χ1) is 12.6. The number of benzene rings is 2. The van der Waals surface area contributed by atoms with Crippen LogP contribution in [0.25, 0.3) is 0 Å².